The Bertz CT molecular complexity index is 1680. The first-order valence-electron chi connectivity index (χ1n) is 13.1. The molecule has 0 aliphatic carbocycles. The Morgan fingerprint density at radius 3 is 2.52 bits per heavy atom. The van der Waals surface area contributed by atoms with Crippen molar-refractivity contribution in [2.75, 3.05) is 25.1 Å². The van der Waals surface area contributed by atoms with Crippen LogP contribution in [0.4, 0.5) is 5.95 Å². The fourth-order valence-corrected chi connectivity index (χ4v) is 5.01. The Labute approximate surface area is 230 Å². The number of rotatable bonds is 7. The minimum absolute atomic E-state index is 0.00196. The van der Waals surface area contributed by atoms with Gasteiger partial charge in [0.15, 0.2) is 5.76 Å². The van der Waals surface area contributed by atoms with Gasteiger partial charge in [-0.25, -0.2) is 9.97 Å². The predicted molar refractivity (Wildman–Crippen MR) is 149 cm³/mol. The number of para-hydroxylation sites is 1. The van der Waals surface area contributed by atoms with E-state index in [1.807, 2.05) is 38.1 Å². The van der Waals surface area contributed by atoms with Crippen LogP contribution in [-0.4, -0.2) is 56.6 Å². The second kappa shape index (κ2) is 10.4. The number of anilines is 1. The van der Waals surface area contributed by atoms with Crippen LogP contribution in [0.1, 0.15) is 37.0 Å². The van der Waals surface area contributed by atoms with Gasteiger partial charge >= 0.3 is 5.97 Å². The van der Waals surface area contributed by atoms with Crippen molar-refractivity contribution in [3.05, 3.63) is 78.3 Å². The molecule has 1 aliphatic rings. The lowest BCUT2D eigenvalue weighted by atomic mass is 9.91. The second-order valence-electron chi connectivity index (χ2n) is 10.3. The van der Waals surface area contributed by atoms with E-state index in [0.717, 1.165) is 24.0 Å². The number of aromatic hydroxyl groups is 1. The number of hydrogen-bond donors (Lipinski definition) is 1. The SMILES string of the molecule is COC(=O)C(c1cc(-c2cnc(N3CC(c4ccc5cc(-c6ccccc6O)nnc5c4)C3)nc2)no1)C(C)C. The maximum absolute atomic E-state index is 12.2. The number of esters is 1. The smallest absolute Gasteiger partial charge is 0.316 e. The van der Waals surface area contributed by atoms with Crippen molar-refractivity contribution in [1.82, 2.24) is 25.3 Å². The third-order valence-corrected chi connectivity index (χ3v) is 7.32. The number of carbonyl (C=O) groups excluding carboxylic acids is 1. The molecule has 1 aliphatic heterocycles. The summed E-state index contributed by atoms with van der Waals surface area (Å²) in [7, 11) is 1.37. The highest BCUT2D eigenvalue weighted by molar-refractivity contribution is 5.83. The molecule has 4 heterocycles. The Kier molecular flexibility index (Phi) is 6.59. The van der Waals surface area contributed by atoms with Gasteiger partial charge in [0, 0.05) is 54.0 Å². The molecule has 0 radical (unpaired) electrons. The summed E-state index contributed by atoms with van der Waals surface area (Å²) >= 11 is 0. The maximum Gasteiger partial charge on any atom is 0.316 e. The molecule has 1 N–H and O–H groups in total. The van der Waals surface area contributed by atoms with Gasteiger partial charge in [-0.15, -0.1) is 10.2 Å². The minimum Gasteiger partial charge on any atom is -0.507 e. The summed E-state index contributed by atoms with van der Waals surface area (Å²) in [6.07, 6.45) is 3.43. The van der Waals surface area contributed by atoms with E-state index in [-0.39, 0.29) is 17.6 Å². The molecule has 6 rings (SSSR count). The molecule has 0 amide bonds. The van der Waals surface area contributed by atoms with Gasteiger partial charge in [0.1, 0.15) is 17.4 Å². The number of phenolic OH excluding ortho intramolecular Hbond substituents is 1. The van der Waals surface area contributed by atoms with E-state index in [1.165, 1.54) is 12.7 Å². The van der Waals surface area contributed by atoms with Gasteiger partial charge in [-0.1, -0.05) is 43.3 Å². The standard InChI is InChI=1S/C30H28N6O4/c1-17(2)28(29(38)39-3)27-12-24(35-40-27)20-13-31-30(32-14-20)36-15-21(16-36)18-8-9-19-11-25(34-33-23(19)10-18)22-6-4-5-7-26(22)37/h4-14,17,21,28,37H,15-16H2,1-3H3. The number of ether oxygens (including phenoxy) is 1. The first kappa shape index (κ1) is 25.4. The minimum atomic E-state index is -0.523. The molecule has 1 fully saturated rings. The van der Waals surface area contributed by atoms with Gasteiger partial charge in [-0.3, -0.25) is 4.79 Å². The molecule has 0 saturated carbocycles. The van der Waals surface area contributed by atoms with E-state index < -0.39 is 5.92 Å². The lowest BCUT2D eigenvalue weighted by Crippen LogP contribution is -2.45. The highest BCUT2D eigenvalue weighted by Crippen LogP contribution is 2.34. The van der Waals surface area contributed by atoms with Crippen molar-refractivity contribution in [3.63, 3.8) is 0 Å². The lowest BCUT2D eigenvalue weighted by Gasteiger charge is -2.39. The average Bonchev–Trinajstić information content (AvgIpc) is 3.42. The topological polar surface area (TPSA) is 127 Å². The number of carbonyl (C=O) groups is 1. The summed E-state index contributed by atoms with van der Waals surface area (Å²) in [6.45, 7) is 5.44. The number of nitrogens with zero attached hydrogens (tertiary/aromatic N) is 6. The van der Waals surface area contributed by atoms with E-state index >= 15 is 0 Å². The van der Waals surface area contributed by atoms with Crippen molar-refractivity contribution in [1.29, 1.82) is 0 Å². The molecule has 0 spiro atoms. The third kappa shape index (κ3) is 4.72. The van der Waals surface area contributed by atoms with Gasteiger partial charge in [-0.2, -0.15) is 0 Å². The van der Waals surface area contributed by atoms with Crippen LogP contribution >= 0.6 is 0 Å². The van der Waals surface area contributed by atoms with Crippen molar-refractivity contribution in [3.8, 4) is 28.3 Å². The molecule has 3 aromatic heterocycles. The van der Waals surface area contributed by atoms with E-state index in [0.29, 0.717) is 40.1 Å². The number of fused-ring (bicyclic) bond motifs is 1. The monoisotopic (exact) mass is 536 g/mol. The highest BCUT2D eigenvalue weighted by atomic mass is 16.5. The van der Waals surface area contributed by atoms with Gasteiger partial charge in [0.25, 0.3) is 0 Å². The zero-order chi connectivity index (χ0) is 27.8. The fraction of sp³-hybridized carbons (Fsp3) is 0.267. The van der Waals surface area contributed by atoms with Gasteiger partial charge < -0.3 is 19.3 Å². The van der Waals surface area contributed by atoms with Crippen molar-refractivity contribution in [2.45, 2.75) is 25.7 Å². The zero-order valence-electron chi connectivity index (χ0n) is 22.4. The molecule has 5 aromatic rings. The average molecular weight is 537 g/mol. The summed E-state index contributed by atoms with van der Waals surface area (Å²) in [4.78, 5) is 23.4. The second-order valence-corrected chi connectivity index (χ2v) is 10.3. The fourth-order valence-electron chi connectivity index (χ4n) is 5.01. The normalized spacial score (nSPS) is 14.3. The van der Waals surface area contributed by atoms with Crippen LogP contribution in [0.3, 0.4) is 0 Å². The van der Waals surface area contributed by atoms with Crippen LogP contribution in [0.2, 0.25) is 0 Å². The molecule has 40 heavy (non-hydrogen) atoms. The molecule has 202 valence electrons. The molecular weight excluding hydrogens is 508 g/mol. The number of benzene rings is 2. The molecule has 1 saturated heterocycles. The van der Waals surface area contributed by atoms with Crippen molar-refractivity contribution in [2.24, 2.45) is 5.92 Å². The molecule has 1 atom stereocenters. The summed E-state index contributed by atoms with van der Waals surface area (Å²) in [5.74, 6) is 0.741. The molecule has 0 bridgehead atoms. The van der Waals surface area contributed by atoms with Crippen LogP contribution < -0.4 is 4.90 Å². The van der Waals surface area contributed by atoms with E-state index in [2.05, 4.69) is 42.4 Å². The zero-order valence-corrected chi connectivity index (χ0v) is 22.4. The Hall–Kier alpha value is -4.86. The molecule has 2 aromatic carbocycles. The van der Waals surface area contributed by atoms with Crippen molar-refractivity contribution < 1.29 is 19.2 Å². The van der Waals surface area contributed by atoms with Crippen molar-refractivity contribution >= 4 is 22.8 Å². The van der Waals surface area contributed by atoms with Gasteiger partial charge in [0.05, 0.1) is 18.3 Å². The van der Waals surface area contributed by atoms with Crippen LogP contribution in [0, 0.1) is 5.92 Å². The number of phenols is 1. The highest BCUT2D eigenvalue weighted by Gasteiger charge is 2.31. The Morgan fingerprint density at radius 1 is 1.02 bits per heavy atom. The number of aromatic nitrogens is 5. The van der Waals surface area contributed by atoms with E-state index in [4.69, 9.17) is 9.26 Å². The first-order valence-corrected chi connectivity index (χ1v) is 13.1. The predicted octanol–water partition coefficient (Wildman–Crippen LogP) is 4.96. The summed E-state index contributed by atoms with van der Waals surface area (Å²) in [6, 6.07) is 17.0. The first-order chi connectivity index (χ1) is 19.4. The van der Waals surface area contributed by atoms with Crippen LogP contribution in [-0.2, 0) is 9.53 Å². The molecule has 10 nitrogen and oxygen atoms in total. The lowest BCUT2D eigenvalue weighted by molar-refractivity contribution is -0.144. The van der Waals surface area contributed by atoms with Gasteiger partial charge in [-0.05, 0) is 35.7 Å². The van der Waals surface area contributed by atoms with Crippen LogP contribution in [0.25, 0.3) is 33.4 Å². The van der Waals surface area contributed by atoms with E-state index in [1.54, 1.807) is 30.6 Å². The largest absolute Gasteiger partial charge is 0.507 e. The Morgan fingerprint density at radius 2 is 1.80 bits per heavy atom. The molecule has 1 unspecified atom stereocenters. The summed E-state index contributed by atoms with van der Waals surface area (Å²) in [5.41, 5.74) is 4.57. The van der Waals surface area contributed by atoms with Crippen LogP contribution in [0.5, 0.6) is 5.75 Å². The summed E-state index contributed by atoms with van der Waals surface area (Å²) in [5, 5.41) is 24.0. The maximum atomic E-state index is 12.2. The van der Waals surface area contributed by atoms with E-state index in [9.17, 15) is 9.90 Å². The quantitative estimate of drug-likeness (QED) is 0.285. The number of hydrogen-bond acceptors (Lipinski definition) is 10. The van der Waals surface area contributed by atoms with Crippen LogP contribution in [0.15, 0.2) is 71.5 Å². The number of methoxy groups -OCH3 is 1. The molecule has 10 heteroatoms. The summed E-state index contributed by atoms with van der Waals surface area (Å²) < 4.78 is 10.4. The molecular formula is C30H28N6O4. The van der Waals surface area contributed by atoms with Gasteiger partial charge in [0.2, 0.25) is 5.95 Å². The Balaban J connectivity index is 1.12. The third-order valence-electron chi connectivity index (χ3n) is 7.32.